The van der Waals surface area contributed by atoms with Gasteiger partial charge in [0.15, 0.2) is 5.75 Å². The fraction of sp³-hybridized carbons (Fsp3) is 0.0769. The van der Waals surface area contributed by atoms with Crippen LogP contribution in [-0.4, -0.2) is 4.92 Å². The van der Waals surface area contributed by atoms with E-state index < -0.39 is 4.92 Å². The second-order valence-corrected chi connectivity index (χ2v) is 5.47. The SMILES string of the molecule is O=[N+]([O-])c1ccc(Cl)cc1OCc1ccc(I)cc1. The van der Waals surface area contributed by atoms with Gasteiger partial charge in [-0.2, -0.15) is 0 Å². The van der Waals surface area contributed by atoms with E-state index in [9.17, 15) is 10.1 Å². The number of benzene rings is 2. The first-order chi connectivity index (χ1) is 9.06. The van der Waals surface area contributed by atoms with Crippen molar-refractivity contribution in [3.05, 3.63) is 66.7 Å². The maximum absolute atomic E-state index is 10.9. The van der Waals surface area contributed by atoms with E-state index in [0.717, 1.165) is 9.13 Å². The maximum atomic E-state index is 10.9. The van der Waals surface area contributed by atoms with E-state index in [1.165, 1.54) is 18.2 Å². The zero-order chi connectivity index (χ0) is 13.8. The molecule has 0 heterocycles. The molecule has 19 heavy (non-hydrogen) atoms. The second-order valence-electron chi connectivity index (χ2n) is 3.78. The van der Waals surface area contributed by atoms with Crippen molar-refractivity contribution in [1.29, 1.82) is 0 Å². The highest BCUT2D eigenvalue weighted by Gasteiger charge is 2.15. The smallest absolute Gasteiger partial charge is 0.311 e. The highest BCUT2D eigenvalue weighted by atomic mass is 127. The van der Waals surface area contributed by atoms with Crippen LogP contribution < -0.4 is 4.74 Å². The lowest BCUT2D eigenvalue weighted by atomic mass is 10.2. The van der Waals surface area contributed by atoms with Gasteiger partial charge in [0.05, 0.1) is 4.92 Å². The lowest BCUT2D eigenvalue weighted by molar-refractivity contribution is -0.385. The summed E-state index contributed by atoms with van der Waals surface area (Å²) < 4.78 is 6.60. The molecule has 0 aliphatic carbocycles. The quantitative estimate of drug-likeness (QED) is 0.441. The summed E-state index contributed by atoms with van der Waals surface area (Å²) in [6.45, 7) is 0.262. The molecule has 0 aromatic heterocycles. The third kappa shape index (κ3) is 3.81. The van der Waals surface area contributed by atoms with Gasteiger partial charge < -0.3 is 4.74 Å². The molecular weight excluding hydrogens is 381 g/mol. The van der Waals surface area contributed by atoms with Crippen molar-refractivity contribution in [3.8, 4) is 5.75 Å². The summed E-state index contributed by atoms with van der Waals surface area (Å²) in [6, 6.07) is 12.0. The molecule has 0 bridgehead atoms. The maximum Gasteiger partial charge on any atom is 0.311 e. The molecule has 0 spiro atoms. The van der Waals surface area contributed by atoms with Crippen LogP contribution in [-0.2, 0) is 6.61 Å². The normalized spacial score (nSPS) is 10.2. The lowest BCUT2D eigenvalue weighted by Gasteiger charge is -2.07. The first-order valence-corrected chi connectivity index (χ1v) is 6.83. The molecule has 4 nitrogen and oxygen atoms in total. The van der Waals surface area contributed by atoms with Gasteiger partial charge in [0.2, 0.25) is 0 Å². The number of nitrogens with zero attached hydrogens (tertiary/aromatic N) is 1. The summed E-state index contributed by atoms with van der Waals surface area (Å²) in [5.74, 6) is 0.177. The largest absolute Gasteiger partial charge is 0.482 e. The zero-order valence-electron chi connectivity index (χ0n) is 9.68. The van der Waals surface area contributed by atoms with E-state index >= 15 is 0 Å². The van der Waals surface area contributed by atoms with Crippen molar-refractivity contribution >= 4 is 39.9 Å². The van der Waals surface area contributed by atoms with Crippen LogP contribution in [0.1, 0.15) is 5.56 Å². The molecule has 0 N–H and O–H groups in total. The fourth-order valence-corrected chi connectivity index (χ4v) is 2.02. The Balaban J connectivity index is 2.16. The van der Waals surface area contributed by atoms with Gasteiger partial charge in [-0.05, 0) is 46.4 Å². The first-order valence-electron chi connectivity index (χ1n) is 5.37. The third-order valence-corrected chi connectivity index (χ3v) is 3.38. The van der Waals surface area contributed by atoms with Crippen LogP contribution in [0.5, 0.6) is 5.75 Å². The highest BCUT2D eigenvalue weighted by Crippen LogP contribution is 2.30. The van der Waals surface area contributed by atoms with Gasteiger partial charge >= 0.3 is 5.69 Å². The molecule has 6 heteroatoms. The van der Waals surface area contributed by atoms with Crippen molar-refractivity contribution in [2.24, 2.45) is 0 Å². The van der Waals surface area contributed by atoms with Gasteiger partial charge in [-0.15, -0.1) is 0 Å². The molecule has 2 aromatic carbocycles. The molecule has 0 saturated heterocycles. The number of ether oxygens (including phenoxy) is 1. The summed E-state index contributed by atoms with van der Waals surface area (Å²) in [7, 11) is 0. The van der Waals surface area contributed by atoms with E-state index in [-0.39, 0.29) is 18.0 Å². The Morgan fingerprint density at radius 3 is 2.53 bits per heavy atom. The average Bonchev–Trinajstić information content (AvgIpc) is 2.38. The number of rotatable bonds is 4. The highest BCUT2D eigenvalue weighted by molar-refractivity contribution is 14.1. The monoisotopic (exact) mass is 389 g/mol. The van der Waals surface area contributed by atoms with Crippen LogP contribution in [0.2, 0.25) is 5.02 Å². The van der Waals surface area contributed by atoms with Crippen LogP contribution in [0, 0.1) is 13.7 Å². The number of nitro benzene ring substituents is 1. The van der Waals surface area contributed by atoms with Gasteiger partial charge in [0.1, 0.15) is 6.61 Å². The zero-order valence-corrected chi connectivity index (χ0v) is 12.6. The molecule has 0 radical (unpaired) electrons. The summed E-state index contributed by atoms with van der Waals surface area (Å²) in [6.07, 6.45) is 0. The Labute approximate surface area is 128 Å². The Bertz CT molecular complexity index is 601. The average molecular weight is 390 g/mol. The first kappa shape index (κ1) is 14.1. The van der Waals surface area contributed by atoms with Crippen LogP contribution in [0.4, 0.5) is 5.69 Å². The predicted molar refractivity (Wildman–Crippen MR) is 81.6 cm³/mol. The minimum Gasteiger partial charge on any atom is -0.482 e. The minimum absolute atomic E-state index is 0.0880. The lowest BCUT2D eigenvalue weighted by Crippen LogP contribution is -1.99. The molecule has 98 valence electrons. The Kier molecular flexibility index (Phi) is 4.60. The topological polar surface area (TPSA) is 52.4 Å². The van der Waals surface area contributed by atoms with E-state index in [1.54, 1.807) is 0 Å². The molecular formula is C13H9ClINO3. The molecule has 0 aliphatic rings. The molecule has 0 aliphatic heterocycles. The van der Waals surface area contributed by atoms with Crippen molar-refractivity contribution in [2.75, 3.05) is 0 Å². The Morgan fingerprint density at radius 1 is 1.21 bits per heavy atom. The van der Waals surface area contributed by atoms with Gasteiger partial charge in [-0.1, -0.05) is 23.7 Å². The van der Waals surface area contributed by atoms with Crippen molar-refractivity contribution < 1.29 is 9.66 Å². The predicted octanol–water partition coefficient (Wildman–Crippen LogP) is 4.43. The number of nitro groups is 1. The standard InChI is InChI=1S/C13H9ClINO3/c14-10-3-6-12(16(17)18)13(7-10)19-8-9-1-4-11(15)5-2-9/h1-7H,8H2. The third-order valence-electron chi connectivity index (χ3n) is 2.43. The molecule has 0 unspecified atom stereocenters. The van der Waals surface area contributed by atoms with Gasteiger partial charge in [-0.3, -0.25) is 10.1 Å². The van der Waals surface area contributed by atoms with Crippen molar-refractivity contribution in [2.45, 2.75) is 6.61 Å². The van der Waals surface area contributed by atoms with Gasteiger partial charge in [-0.25, -0.2) is 0 Å². The molecule has 0 fully saturated rings. The fourth-order valence-electron chi connectivity index (χ4n) is 1.50. The number of halogens is 2. The summed E-state index contributed by atoms with van der Waals surface area (Å²) in [5, 5.41) is 11.3. The molecule has 2 aromatic rings. The van der Waals surface area contributed by atoms with Crippen LogP contribution >= 0.6 is 34.2 Å². The molecule has 0 saturated carbocycles. The molecule has 0 atom stereocenters. The second kappa shape index (κ2) is 6.21. The number of hydrogen-bond acceptors (Lipinski definition) is 3. The van der Waals surface area contributed by atoms with Crippen molar-refractivity contribution in [3.63, 3.8) is 0 Å². The molecule has 0 amide bonds. The van der Waals surface area contributed by atoms with Crippen LogP contribution in [0.25, 0.3) is 0 Å². The van der Waals surface area contributed by atoms with E-state index in [1.807, 2.05) is 24.3 Å². The van der Waals surface area contributed by atoms with Crippen LogP contribution in [0.15, 0.2) is 42.5 Å². The Morgan fingerprint density at radius 2 is 1.89 bits per heavy atom. The van der Waals surface area contributed by atoms with Crippen molar-refractivity contribution in [1.82, 2.24) is 0 Å². The molecule has 2 rings (SSSR count). The summed E-state index contributed by atoms with van der Waals surface area (Å²) >= 11 is 8.03. The van der Waals surface area contributed by atoms with Crippen LogP contribution in [0.3, 0.4) is 0 Å². The van der Waals surface area contributed by atoms with E-state index in [2.05, 4.69) is 22.6 Å². The van der Waals surface area contributed by atoms with Gasteiger partial charge in [0.25, 0.3) is 0 Å². The summed E-state index contributed by atoms with van der Waals surface area (Å²) in [4.78, 5) is 10.4. The number of hydrogen-bond donors (Lipinski definition) is 0. The Hall–Kier alpha value is -1.34. The van der Waals surface area contributed by atoms with E-state index in [0.29, 0.717) is 5.02 Å². The van der Waals surface area contributed by atoms with E-state index in [4.69, 9.17) is 16.3 Å². The summed E-state index contributed by atoms with van der Waals surface area (Å²) in [5.41, 5.74) is 0.851. The minimum atomic E-state index is -0.487. The van der Waals surface area contributed by atoms with Gasteiger partial charge in [0, 0.05) is 20.7 Å².